The van der Waals surface area contributed by atoms with Gasteiger partial charge in [-0.3, -0.25) is 0 Å². The Labute approximate surface area is 146 Å². The molecule has 0 bridgehead atoms. The van der Waals surface area contributed by atoms with E-state index in [2.05, 4.69) is 28.9 Å². The summed E-state index contributed by atoms with van der Waals surface area (Å²) in [5, 5.41) is 5.22. The highest BCUT2D eigenvalue weighted by Crippen LogP contribution is 2.37. The first-order chi connectivity index (χ1) is 11.8. The molecule has 1 N–H and O–H groups in total. The zero-order chi connectivity index (χ0) is 16.4. The van der Waals surface area contributed by atoms with Crippen LogP contribution in [0.5, 0.6) is 0 Å². The molecule has 24 heavy (non-hydrogen) atoms. The average molecular weight is 342 g/mol. The number of hydrogen-bond donors (Lipinski definition) is 1. The molecule has 1 aromatic heterocycles. The van der Waals surface area contributed by atoms with Gasteiger partial charge in [-0.25, -0.2) is 4.79 Å². The van der Waals surface area contributed by atoms with Gasteiger partial charge in [0.15, 0.2) is 0 Å². The number of rotatable bonds is 3. The van der Waals surface area contributed by atoms with Crippen LogP contribution in [0.1, 0.15) is 34.9 Å². The number of fused-ring (bicyclic) bond motifs is 1. The predicted octanol–water partition coefficient (Wildman–Crippen LogP) is 3.58. The molecule has 4 nitrogen and oxygen atoms in total. The normalized spacial score (nSPS) is 23.1. The lowest BCUT2D eigenvalue weighted by atomic mass is 9.93. The topological polar surface area (TPSA) is 41.6 Å². The summed E-state index contributed by atoms with van der Waals surface area (Å²) in [6.07, 6.45) is 3.24. The smallest absolute Gasteiger partial charge is 0.318 e. The maximum atomic E-state index is 12.8. The van der Waals surface area contributed by atoms with Crippen molar-refractivity contribution >= 4 is 17.4 Å². The van der Waals surface area contributed by atoms with Crippen LogP contribution in [0.4, 0.5) is 4.79 Å². The molecular weight excluding hydrogens is 320 g/mol. The highest BCUT2D eigenvalue weighted by molar-refractivity contribution is 7.10. The molecule has 1 fully saturated rings. The average Bonchev–Trinajstić information content (AvgIpc) is 3.30. The molecule has 126 valence electrons. The van der Waals surface area contributed by atoms with Crippen molar-refractivity contribution in [3.05, 3.63) is 57.8 Å². The van der Waals surface area contributed by atoms with E-state index < -0.39 is 0 Å². The number of ether oxygens (including phenoxy) is 1. The standard InChI is InChI=1S/C19H22N2O2S/c22-19(20-13-15-7-4-11-23-15)21-10-8-17-16(9-12-24-17)18(21)14-5-2-1-3-6-14/h1-3,5-6,9,12,15,18H,4,7-8,10-11,13H2,(H,20,22)/t15-,18-/m0/s1. The summed E-state index contributed by atoms with van der Waals surface area (Å²) >= 11 is 1.79. The van der Waals surface area contributed by atoms with Gasteiger partial charge in [-0.05, 0) is 41.8 Å². The molecule has 0 aliphatic carbocycles. The van der Waals surface area contributed by atoms with Gasteiger partial charge in [0.25, 0.3) is 0 Å². The lowest BCUT2D eigenvalue weighted by molar-refractivity contribution is 0.107. The number of nitrogens with one attached hydrogen (secondary N) is 1. The maximum Gasteiger partial charge on any atom is 0.318 e. The lowest BCUT2D eigenvalue weighted by Crippen LogP contribution is -2.47. The minimum atomic E-state index is 0.00527. The molecule has 0 saturated carbocycles. The summed E-state index contributed by atoms with van der Waals surface area (Å²) in [6, 6.07) is 12.5. The second-order valence-corrected chi connectivity index (χ2v) is 7.38. The van der Waals surface area contributed by atoms with Crippen molar-refractivity contribution in [2.75, 3.05) is 19.7 Å². The van der Waals surface area contributed by atoms with Crippen LogP contribution in [0.15, 0.2) is 41.8 Å². The molecule has 1 saturated heterocycles. The van der Waals surface area contributed by atoms with Gasteiger partial charge in [-0.1, -0.05) is 30.3 Å². The SMILES string of the molecule is O=C(NC[C@@H]1CCCO1)N1CCc2sccc2[C@@H]1c1ccccc1. The monoisotopic (exact) mass is 342 g/mol. The van der Waals surface area contributed by atoms with Crippen LogP contribution in [0.25, 0.3) is 0 Å². The molecule has 2 aliphatic heterocycles. The molecule has 2 atom stereocenters. The van der Waals surface area contributed by atoms with Crippen molar-refractivity contribution in [3.63, 3.8) is 0 Å². The number of thiophene rings is 1. The molecule has 1 aromatic carbocycles. The van der Waals surface area contributed by atoms with E-state index in [1.807, 2.05) is 23.1 Å². The van der Waals surface area contributed by atoms with Gasteiger partial charge in [0.05, 0.1) is 12.1 Å². The van der Waals surface area contributed by atoms with E-state index in [0.717, 1.165) is 32.4 Å². The summed E-state index contributed by atoms with van der Waals surface area (Å²) in [4.78, 5) is 16.2. The number of carbonyl (C=O) groups is 1. The minimum absolute atomic E-state index is 0.00527. The van der Waals surface area contributed by atoms with E-state index >= 15 is 0 Å². The summed E-state index contributed by atoms with van der Waals surface area (Å²) < 4.78 is 5.61. The summed E-state index contributed by atoms with van der Waals surface area (Å²) in [6.45, 7) is 2.17. The van der Waals surface area contributed by atoms with E-state index in [0.29, 0.717) is 6.54 Å². The second-order valence-electron chi connectivity index (χ2n) is 6.38. The van der Waals surface area contributed by atoms with Gasteiger partial charge in [0.1, 0.15) is 0 Å². The van der Waals surface area contributed by atoms with E-state index in [9.17, 15) is 4.79 Å². The Bertz CT molecular complexity index is 694. The first-order valence-corrected chi connectivity index (χ1v) is 9.48. The molecule has 5 heteroatoms. The number of carbonyl (C=O) groups excluding carboxylic acids is 1. The highest BCUT2D eigenvalue weighted by atomic mass is 32.1. The quantitative estimate of drug-likeness (QED) is 0.926. The van der Waals surface area contributed by atoms with E-state index in [1.54, 1.807) is 11.3 Å². The number of amides is 2. The Balaban J connectivity index is 1.55. The van der Waals surface area contributed by atoms with Crippen molar-refractivity contribution in [1.82, 2.24) is 10.2 Å². The van der Waals surface area contributed by atoms with Crippen molar-refractivity contribution in [2.45, 2.75) is 31.4 Å². The zero-order valence-electron chi connectivity index (χ0n) is 13.6. The number of urea groups is 1. The second kappa shape index (κ2) is 6.95. The molecule has 0 spiro atoms. The van der Waals surface area contributed by atoms with Gasteiger partial charge < -0.3 is 15.0 Å². The van der Waals surface area contributed by atoms with Crippen molar-refractivity contribution in [2.24, 2.45) is 0 Å². The largest absolute Gasteiger partial charge is 0.376 e. The predicted molar refractivity (Wildman–Crippen MR) is 95.4 cm³/mol. The van der Waals surface area contributed by atoms with Crippen molar-refractivity contribution < 1.29 is 9.53 Å². The van der Waals surface area contributed by atoms with Gasteiger partial charge in [0.2, 0.25) is 0 Å². The molecule has 2 aliphatic rings. The Hall–Kier alpha value is -1.85. The third-order valence-electron chi connectivity index (χ3n) is 4.85. The minimum Gasteiger partial charge on any atom is -0.376 e. The molecule has 2 amide bonds. The third kappa shape index (κ3) is 3.06. The van der Waals surface area contributed by atoms with Crippen LogP contribution < -0.4 is 5.32 Å². The van der Waals surface area contributed by atoms with Crippen LogP contribution in [-0.4, -0.2) is 36.7 Å². The van der Waals surface area contributed by atoms with Gasteiger partial charge in [0, 0.05) is 24.6 Å². The Morgan fingerprint density at radius 3 is 2.96 bits per heavy atom. The van der Waals surface area contributed by atoms with Gasteiger partial charge in [-0.15, -0.1) is 11.3 Å². The highest BCUT2D eigenvalue weighted by Gasteiger charge is 2.33. The molecule has 0 unspecified atom stereocenters. The molecule has 2 aromatic rings. The molecule has 0 radical (unpaired) electrons. The van der Waals surface area contributed by atoms with Gasteiger partial charge in [-0.2, -0.15) is 0 Å². The number of benzene rings is 1. The fraction of sp³-hybridized carbons (Fsp3) is 0.421. The lowest BCUT2D eigenvalue weighted by Gasteiger charge is -2.36. The summed E-state index contributed by atoms with van der Waals surface area (Å²) in [7, 11) is 0. The van der Waals surface area contributed by atoms with E-state index in [4.69, 9.17) is 4.74 Å². The Morgan fingerprint density at radius 1 is 1.29 bits per heavy atom. The van der Waals surface area contributed by atoms with E-state index in [-0.39, 0.29) is 18.2 Å². The van der Waals surface area contributed by atoms with Crippen LogP contribution in [0, 0.1) is 0 Å². The summed E-state index contributed by atoms with van der Waals surface area (Å²) in [5.41, 5.74) is 2.44. The first-order valence-electron chi connectivity index (χ1n) is 8.60. The van der Waals surface area contributed by atoms with Gasteiger partial charge >= 0.3 is 6.03 Å². The van der Waals surface area contributed by atoms with Crippen molar-refractivity contribution in [3.8, 4) is 0 Å². The van der Waals surface area contributed by atoms with Crippen LogP contribution in [0.2, 0.25) is 0 Å². The van der Waals surface area contributed by atoms with Crippen molar-refractivity contribution in [1.29, 1.82) is 0 Å². The fourth-order valence-corrected chi connectivity index (χ4v) is 4.54. The maximum absolute atomic E-state index is 12.8. The zero-order valence-corrected chi connectivity index (χ0v) is 14.4. The molecule has 3 heterocycles. The Kier molecular flexibility index (Phi) is 4.54. The van der Waals surface area contributed by atoms with Crippen LogP contribution in [-0.2, 0) is 11.2 Å². The number of hydrogen-bond acceptors (Lipinski definition) is 3. The molecular formula is C19H22N2O2S. The van der Waals surface area contributed by atoms with Crippen LogP contribution >= 0.6 is 11.3 Å². The third-order valence-corrected chi connectivity index (χ3v) is 5.84. The van der Waals surface area contributed by atoms with E-state index in [1.165, 1.54) is 16.0 Å². The fourth-order valence-electron chi connectivity index (χ4n) is 3.64. The Morgan fingerprint density at radius 2 is 2.17 bits per heavy atom. The number of nitrogens with zero attached hydrogens (tertiary/aromatic N) is 1. The van der Waals surface area contributed by atoms with Crippen LogP contribution in [0.3, 0.4) is 0 Å². The molecule has 4 rings (SSSR count). The first kappa shape index (κ1) is 15.7. The summed E-state index contributed by atoms with van der Waals surface area (Å²) in [5.74, 6) is 0.